The highest BCUT2D eigenvalue weighted by atomic mass is 16.4. The van der Waals surface area contributed by atoms with Crippen LogP contribution in [-0.2, 0) is 24.2 Å². The van der Waals surface area contributed by atoms with Crippen LogP contribution in [0.4, 0.5) is 0 Å². The highest BCUT2D eigenvalue weighted by molar-refractivity contribution is 5.73. The quantitative estimate of drug-likeness (QED) is 0.821. The van der Waals surface area contributed by atoms with Gasteiger partial charge in [0.25, 0.3) is 0 Å². The van der Waals surface area contributed by atoms with Crippen molar-refractivity contribution in [2.45, 2.75) is 32.4 Å². The van der Waals surface area contributed by atoms with Crippen LogP contribution < -0.4 is 5.32 Å². The third-order valence-electron chi connectivity index (χ3n) is 3.56. The van der Waals surface area contributed by atoms with Gasteiger partial charge in [-0.3, -0.25) is 4.79 Å². The number of hydrogen-bond donors (Lipinski definition) is 2. The van der Waals surface area contributed by atoms with E-state index in [1.807, 2.05) is 42.5 Å². The lowest BCUT2D eigenvalue weighted by molar-refractivity contribution is -0.139. The number of rotatable bonds is 7. The molecule has 0 unspecified atom stereocenters. The van der Waals surface area contributed by atoms with Gasteiger partial charge < -0.3 is 10.4 Å². The Morgan fingerprint density at radius 1 is 1.00 bits per heavy atom. The van der Waals surface area contributed by atoms with Crippen molar-refractivity contribution in [3.8, 4) is 0 Å². The minimum Gasteiger partial charge on any atom is -0.480 e. The molecule has 0 aliphatic carbocycles. The molecule has 3 heteroatoms. The molecule has 0 aromatic heterocycles. The lowest BCUT2D eigenvalue weighted by atomic mass is 10.1. The van der Waals surface area contributed by atoms with Crippen LogP contribution in [0.3, 0.4) is 0 Å². The second-order valence-electron chi connectivity index (χ2n) is 5.13. The molecule has 0 aliphatic heterocycles. The van der Waals surface area contributed by atoms with E-state index >= 15 is 0 Å². The summed E-state index contributed by atoms with van der Waals surface area (Å²) in [5, 5.41) is 12.5. The van der Waals surface area contributed by atoms with Crippen molar-refractivity contribution in [1.82, 2.24) is 5.32 Å². The number of hydrogen-bond acceptors (Lipinski definition) is 2. The zero-order valence-electron chi connectivity index (χ0n) is 12.3. The fourth-order valence-corrected chi connectivity index (χ4v) is 2.23. The molecule has 0 spiro atoms. The van der Waals surface area contributed by atoms with Gasteiger partial charge in [0.1, 0.15) is 6.04 Å². The van der Waals surface area contributed by atoms with Crippen molar-refractivity contribution in [3.05, 3.63) is 71.3 Å². The van der Waals surface area contributed by atoms with Crippen molar-refractivity contribution in [1.29, 1.82) is 0 Å². The van der Waals surface area contributed by atoms with E-state index in [1.54, 1.807) is 0 Å². The van der Waals surface area contributed by atoms with Crippen LogP contribution in [0.2, 0.25) is 0 Å². The smallest absolute Gasteiger partial charge is 0.321 e. The van der Waals surface area contributed by atoms with Crippen LogP contribution in [0.25, 0.3) is 0 Å². The lowest BCUT2D eigenvalue weighted by Gasteiger charge is -2.15. The summed E-state index contributed by atoms with van der Waals surface area (Å²) in [5.41, 5.74) is 3.42. The van der Waals surface area contributed by atoms with Gasteiger partial charge in [-0.15, -0.1) is 0 Å². The van der Waals surface area contributed by atoms with Crippen LogP contribution in [0.15, 0.2) is 54.6 Å². The van der Waals surface area contributed by atoms with E-state index in [4.69, 9.17) is 0 Å². The van der Waals surface area contributed by atoms with E-state index in [0.717, 1.165) is 17.5 Å². The Balaban J connectivity index is 1.95. The third kappa shape index (κ3) is 4.72. The molecule has 0 bridgehead atoms. The van der Waals surface area contributed by atoms with Crippen LogP contribution in [0, 0.1) is 0 Å². The molecule has 0 amide bonds. The second kappa shape index (κ2) is 7.60. The second-order valence-corrected chi connectivity index (χ2v) is 5.13. The van der Waals surface area contributed by atoms with Crippen molar-refractivity contribution < 1.29 is 9.90 Å². The molecule has 0 aliphatic rings. The Morgan fingerprint density at radius 2 is 1.62 bits per heavy atom. The Labute approximate surface area is 125 Å². The van der Waals surface area contributed by atoms with Gasteiger partial charge in [-0.1, -0.05) is 61.5 Å². The van der Waals surface area contributed by atoms with Crippen LogP contribution in [0.1, 0.15) is 23.6 Å². The first-order chi connectivity index (χ1) is 10.2. The predicted molar refractivity (Wildman–Crippen MR) is 84.2 cm³/mol. The summed E-state index contributed by atoms with van der Waals surface area (Å²) < 4.78 is 0. The van der Waals surface area contributed by atoms with Gasteiger partial charge in [0, 0.05) is 6.54 Å². The summed E-state index contributed by atoms with van der Waals surface area (Å²) >= 11 is 0. The number of aliphatic carboxylic acids is 1. The molecule has 2 aromatic carbocycles. The first-order valence-corrected chi connectivity index (χ1v) is 7.27. The largest absolute Gasteiger partial charge is 0.480 e. The molecular formula is C18H21NO2. The lowest BCUT2D eigenvalue weighted by Crippen LogP contribution is -2.38. The molecule has 0 saturated carbocycles. The fraction of sp³-hybridized carbons (Fsp3) is 0.278. The average molecular weight is 283 g/mol. The minimum absolute atomic E-state index is 0.489. The molecule has 0 heterocycles. The van der Waals surface area contributed by atoms with Crippen LogP contribution >= 0.6 is 0 Å². The van der Waals surface area contributed by atoms with Crippen molar-refractivity contribution >= 4 is 5.97 Å². The van der Waals surface area contributed by atoms with Gasteiger partial charge in [0.2, 0.25) is 0 Å². The number of nitrogens with one attached hydrogen (secondary N) is 1. The predicted octanol–water partition coefficient (Wildman–Crippen LogP) is 3.03. The zero-order chi connectivity index (χ0) is 15.1. The maximum Gasteiger partial charge on any atom is 0.321 e. The summed E-state index contributed by atoms with van der Waals surface area (Å²) in [5.74, 6) is -0.816. The highest BCUT2D eigenvalue weighted by Gasteiger charge is 2.17. The molecule has 0 saturated heterocycles. The highest BCUT2D eigenvalue weighted by Crippen LogP contribution is 2.07. The van der Waals surface area contributed by atoms with E-state index in [0.29, 0.717) is 13.0 Å². The van der Waals surface area contributed by atoms with Crippen LogP contribution in [-0.4, -0.2) is 17.1 Å². The maximum atomic E-state index is 11.4. The van der Waals surface area contributed by atoms with E-state index in [-0.39, 0.29) is 0 Å². The van der Waals surface area contributed by atoms with Gasteiger partial charge in [0.15, 0.2) is 0 Å². The molecule has 2 aromatic rings. The fourth-order valence-electron chi connectivity index (χ4n) is 2.23. The number of carbonyl (C=O) groups is 1. The molecule has 2 rings (SSSR count). The Hall–Kier alpha value is -2.13. The molecule has 1 atom stereocenters. The summed E-state index contributed by atoms with van der Waals surface area (Å²) in [6.45, 7) is 2.68. The number of benzene rings is 2. The molecule has 0 radical (unpaired) electrons. The summed E-state index contributed by atoms with van der Waals surface area (Å²) in [4.78, 5) is 11.4. The summed E-state index contributed by atoms with van der Waals surface area (Å²) in [6.07, 6.45) is 1.50. The topological polar surface area (TPSA) is 49.3 Å². The monoisotopic (exact) mass is 283 g/mol. The third-order valence-corrected chi connectivity index (χ3v) is 3.56. The molecule has 21 heavy (non-hydrogen) atoms. The average Bonchev–Trinajstić information content (AvgIpc) is 2.52. The van der Waals surface area contributed by atoms with E-state index in [2.05, 4.69) is 24.4 Å². The van der Waals surface area contributed by atoms with Crippen molar-refractivity contribution in [2.24, 2.45) is 0 Å². The SMILES string of the molecule is CCc1ccc(CN[C@@H](Cc2ccccc2)C(=O)O)cc1. The first-order valence-electron chi connectivity index (χ1n) is 7.27. The van der Waals surface area contributed by atoms with Gasteiger partial charge in [-0.2, -0.15) is 0 Å². The Bertz CT molecular complexity index is 564. The van der Waals surface area contributed by atoms with Gasteiger partial charge in [0.05, 0.1) is 0 Å². The summed E-state index contributed by atoms with van der Waals surface area (Å²) in [6, 6.07) is 17.4. The first kappa shape index (κ1) is 15.3. The normalized spacial score (nSPS) is 12.0. The molecular weight excluding hydrogens is 262 g/mol. The number of carboxylic acids is 1. The van der Waals surface area contributed by atoms with E-state index in [9.17, 15) is 9.90 Å². The molecule has 0 fully saturated rings. The van der Waals surface area contributed by atoms with Gasteiger partial charge >= 0.3 is 5.97 Å². The van der Waals surface area contributed by atoms with E-state index in [1.165, 1.54) is 5.56 Å². The Morgan fingerprint density at radius 3 is 2.19 bits per heavy atom. The van der Waals surface area contributed by atoms with E-state index < -0.39 is 12.0 Å². The van der Waals surface area contributed by atoms with Gasteiger partial charge in [-0.25, -0.2) is 0 Å². The van der Waals surface area contributed by atoms with Crippen molar-refractivity contribution in [2.75, 3.05) is 0 Å². The standard InChI is InChI=1S/C18H21NO2/c1-2-14-8-10-16(11-9-14)13-19-17(18(20)21)12-15-6-4-3-5-7-15/h3-11,17,19H,2,12-13H2,1H3,(H,20,21)/t17-/m0/s1. The zero-order valence-corrected chi connectivity index (χ0v) is 12.3. The number of aryl methyl sites for hydroxylation is 1. The molecule has 3 nitrogen and oxygen atoms in total. The number of carboxylic acid groups (broad SMARTS) is 1. The maximum absolute atomic E-state index is 11.4. The van der Waals surface area contributed by atoms with Crippen molar-refractivity contribution in [3.63, 3.8) is 0 Å². The molecule has 110 valence electrons. The minimum atomic E-state index is -0.816. The van der Waals surface area contributed by atoms with Crippen LogP contribution in [0.5, 0.6) is 0 Å². The van der Waals surface area contributed by atoms with Gasteiger partial charge in [-0.05, 0) is 29.5 Å². The Kier molecular flexibility index (Phi) is 5.52. The summed E-state index contributed by atoms with van der Waals surface area (Å²) in [7, 11) is 0. The molecule has 2 N–H and O–H groups in total.